The Bertz CT molecular complexity index is 590. The zero-order valence-corrected chi connectivity index (χ0v) is 12.9. The number of unbranched alkanes of at least 4 members (excludes halogenated alkanes) is 1. The van der Waals surface area contributed by atoms with Crippen LogP contribution in [0.5, 0.6) is 0 Å². The molecule has 0 saturated heterocycles. The van der Waals surface area contributed by atoms with Crippen molar-refractivity contribution in [3.05, 3.63) is 70.2 Å². The SMILES string of the molecule is Cc1ccc(CCCCOC(=O)c2cccc(Cl)c2)cc1. The molecule has 0 fully saturated rings. The van der Waals surface area contributed by atoms with Gasteiger partial charge in [0.05, 0.1) is 12.2 Å². The molecule has 0 unspecified atom stereocenters. The molecule has 0 spiro atoms. The zero-order chi connectivity index (χ0) is 15.1. The molecule has 0 aliphatic carbocycles. The molecule has 0 heterocycles. The summed E-state index contributed by atoms with van der Waals surface area (Å²) in [6.07, 6.45) is 2.88. The number of aryl methyl sites for hydroxylation is 2. The molecule has 0 saturated carbocycles. The molecule has 110 valence electrons. The molecule has 2 rings (SSSR count). The molecule has 0 amide bonds. The summed E-state index contributed by atoms with van der Waals surface area (Å²) >= 11 is 5.84. The third-order valence-corrected chi connectivity index (χ3v) is 3.51. The molecule has 3 heteroatoms. The lowest BCUT2D eigenvalue weighted by molar-refractivity contribution is 0.0498. The Labute approximate surface area is 130 Å². The van der Waals surface area contributed by atoms with Crippen LogP contribution in [0.4, 0.5) is 0 Å². The Kier molecular flexibility index (Phi) is 5.82. The maximum atomic E-state index is 11.8. The predicted molar refractivity (Wildman–Crippen MR) is 85.9 cm³/mol. The largest absolute Gasteiger partial charge is 0.462 e. The Morgan fingerprint density at radius 2 is 1.86 bits per heavy atom. The Balaban J connectivity index is 1.68. The third kappa shape index (κ3) is 5.24. The Hall–Kier alpha value is -1.80. The first kappa shape index (κ1) is 15.6. The van der Waals surface area contributed by atoms with Crippen molar-refractivity contribution in [2.24, 2.45) is 0 Å². The average Bonchev–Trinajstić information content (AvgIpc) is 2.48. The van der Waals surface area contributed by atoms with E-state index < -0.39 is 0 Å². The van der Waals surface area contributed by atoms with Crippen LogP contribution >= 0.6 is 11.6 Å². The normalized spacial score (nSPS) is 10.4. The molecule has 0 radical (unpaired) electrons. The van der Waals surface area contributed by atoms with Crippen molar-refractivity contribution < 1.29 is 9.53 Å². The standard InChI is InChI=1S/C18H19ClO2/c1-14-8-10-15(11-9-14)5-2-3-12-21-18(20)16-6-4-7-17(19)13-16/h4,6-11,13H,2-3,5,12H2,1H3. The van der Waals surface area contributed by atoms with Crippen molar-refractivity contribution >= 4 is 17.6 Å². The van der Waals surface area contributed by atoms with Gasteiger partial charge in [0.2, 0.25) is 0 Å². The van der Waals surface area contributed by atoms with Crippen molar-refractivity contribution in [1.82, 2.24) is 0 Å². The highest BCUT2D eigenvalue weighted by molar-refractivity contribution is 6.30. The van der Waals surface area contributed by atoms with E-state index in [9.17, 15) is 4.79 Å². The lowest BCUT2D eigenvalue weighted by atomic mass is 10.1. The van der Waals surface area contributed by atoms with Gasteiger partial charge in [-0.1, -0.05) is 47.5 Å². The molecule has 2 aromatic carbocycles. The van der Waals surface area contributed by atoms with E-state index >= 15 is 0 Å². The summed E-state index contributed by atoms with van der Waals surface area (Å²) in [5, 5.41) is 0.545. The number of esters is 1. The fourth-order valence-electron chi connectivity index (χ4n) is 2.05. The monoisotopic (exact) mass is 302 g/mol. The maximum Gasteiger partial charge on any atom is 0.338 e. The predicted octanol–water partition coefficient (Wildman–Crippen LogP) is 4.83. The van der Waals surface area contributed by atoms with E-state index in [1.807, 2.05) is 0 Å². The van der Waals surface area contributed by atoms with Crippen molar-refractivity contribution in [2.45, 2.75) is 26.2 Å². The topological polar surface area (TPSA) is 26.3 Å². The van der Waals surface area contributed by atoms with Crippen molar-refractivity contribution in [2.75, 3.05) is 6.61 Å². The van der Waals surface area contributed by atoms with Crippen LogP contribution in [0.1, 0.15) is 34.3 Å². The van der Waals surface area contributed by atoms with Gasteiger partial charge in [-0.25, -0.2) is 4.79 Å². The van der Waals surface area contributed by atoms with Gasteiger partial charge in [-0.05, 0) is 49.9 Å². The molecule has 0 aromatic heterocycles. The highest BCUT2D eigenvalue weighted by Crippen LogP contribution is 2.12. The fourth-order valence-corrected chi connectivity index (χ4v) is 2.24. The van der Waals surface area contributed by atoms with Crippen LogP contribution in [0, 0.1) is 6.92 Å². The van der Waals surface area contributed by atoms with Crippen LogP contribution in [-0.4, -0.2) is 12.6 Å². The van der Waals surface area contributed by atoms with Crippen LogP contribution in [0.25, 0.3) is 0 Å². The minimum Gasteiger partial charge on any atom is -0.462 e. The number of hydrogen-bond acceptors (Lipinski definition) is 2. The molecular weight excluding hydrogens is 284 g/mol. The summed E-state index contributed by atoms with van der Waals surface area (Å²) < 4.78 is 5.24. The summed E-state index contributed by atoms with van der Waals surface area (Å²) in [6, 6.07) is 15.3. The zero-order valence-electron chi connectivity index (χ0n) is 12.1. The number of carbonyl (C=O) groups excluding carboxylic acids is 1. The van der Waals surface area contributed by atoms with Crippen LogP contribution in [-0.2, 0) is 11.2 Å². The van der Waals surface area contributed by atoms with Crippen molar-refractivity contribution in [3.8, 4) is 0 Å². The molecular formula is C18H19ClO2. The van der Waals surface area contributed by atoms with Gasteiger partial charge in [0.15, 0.2) is 0 Å². The highest BCUT2D eigenvalue weighted by Gasteiger charge is 2.06. The lowest BCUT2D eigenvalue weighted by Crippen LogP contribution is -2.06. The number of benzene rings is 2. The first-order chi connectivity index (χ1) is 10.1. The minimum atomic E-state index is -0.312. The summed E-state index contributed by atoms with van der Waals surface area (Å²) in [4.78, 5) is 11.8. The van der Waals surface area contributed by atoms with E-state index in [1.165, 1.54) is 11.1 Å². The van der Waals surface area contributed by atoms with E-state index in [1.54, 1.807) is 24.3 Å². The van der Waals surface area contributed by atoms with E-state index in [0.717, 1.165) is 19.3 Å². The molecule has 2 aromatic rings. The quantitative estimate of drug-likeness (QED) is 0.564. The second-order valence-corrected chi connectivity index (χ2v) is 5.53. The van der Waals surface area contributed by atoms with Crippen molar-refractivity contribution in [1.29, 1.82) is 0 Å². The average molecular weight is 303 g/mol. The molecule has 21 heavy (non-hydrogen) atoms. The number of halogens is 1. The maximum absolute atomic E-state index is 11.8. The van der Waals surface area contributed by atoms with E-state index in [0.29, 0.717) is 17.2 Å². The number of carbonyl (C=O) groups is 1. The second kappa shape index (κ2) is 7.84. The van der Waals surface area contributed by atoms with Gasteiger partial charge in [0.1, 0.15) is 0 Å². The molecule has 0 bridgehead atoms. The number of hydrogen-bond donors (Lipinski definition) is 0. The van der Waals surface area contributed by atoms with Gasteiger partial charge in [0, 0.05) is 5.02 Å². The molecule has 0 N–H and O–H groups in total. The minimum absolute atomic E-state index is 0.312. The van der Waals surface area contributed by atoms with Crippen LogP contribution in [0.15, 0.2) is 48.5 Å². The van der Waals surface area contributed by atoms with Gasteiger partial charge in [-0.15, -0.1) is 0 Å². The van der Waals surface area contributed by atoms with Gasteiger partial charge in [0.25, 0.3) is 0 Å². The molecule has 0 atom stereocenters. The highest BCUT2D eigenvalue weighted by atomic mass is 35.5. The van der Waals surface area contributed by atoms with Crippen LogP contribution < -0.4 is 0 Å². The molecule has 0 aliphatic rings. The first-order valence-electron chi connectivity index (χ1n) is 7.13. The molecule has 0 aliphatic heterocycles. The fraction of sp³-hybridized carbons (Fsp3) is 0.278. The second-order valence-electron chi connectivity index (χ2n) is 5.09. The Morgan fingerprint density at radius 1 is 1.10 bits per heavy atom. The molecule has 2 nitrogen and oxygen atoms in total. The number of rotatable bonds is 6. The van der Waals surface area contributed by atoms with Gasteiger partial charge < -0.3 is 4.74 Å². The summed E-state index contributed by atoms with van der Waals surface area (Å²) in [5.41, 5.74) is 3.09. The van der Waals surface area contributed by atoms with E-state index in [2.05, 4.69) is 31.2 Å². The van der Waals surface area contributed by atoms with Crippen LogP contribution in [0.2, 0.25) is 5.02 Å². The van der Waals surface area contributed by atoms with Gasteiger partial charge in [-0.3, -0.25) is 0 Å². The third-order valence-electron chi connectivity index (χ3n) is 3.27. The summed E-state index contributed by atoms with van der Waals surface area (Å²) in [7, 11) is 0. The lowest BCUT2D eigenvalue weighted by Gasteiger charge is -2.05. The smallest absolute Gasteiger partial charge is 0.338 e. The first-order valence-corrected chi connectivity index (χ1v) is 7.51. The van der Waals surface area contributed by atoms with E-state index in [4.69, 9.17) is 16.3 Å². The summed E-state index contributed by atoms with van der Waals surface area (Å²) in [6.45, 7) is 2.52. The van der Waals surface area contributed by atoms with Crippen LogP contribution in [0.3, 0.4) is 0 Å². The summed E-state index contributed by atoms with van der Waals surface area (Å²) in [5.74, 6) is -0.312. The van der Waals surface area contributed by atoms with Crippen molar-refractivity contribution in [3.63, 3.8) is 0 Å². The van der Waals surface area contributed by atoms with E-state index in [-0.39, 0.29) is 5.97 Å². The Morgan fingerprint density at radius 3 is 2.57 bits per heavy atom. The number of ether oxygens (including phenoxy) is 1. The van der Waals surface area contributed by atoms with Gasteiger partial charge in [-0.2, -0.15) is 0 Å². The van der Waals surface area contributed by atoms with Gasteiger partial charge >= 0.3 is 5.97 Å².